The SMILES string of the molecule is C=Cn1c(=O)n(C)c(=O)n(C)c1=O. The van der Waals surface area contributed by atoms with Crippen LogP contribution in [0.2, 0.25) is 0 Å². The highest BCUT2D eigenvalue weighted by Crippen LogP contribution is 1.66. The lowest BCUT2D eigenvalue weighted by molar-refractivity contribution is 0.591. The molecule has 0 saturated heterocycles. The van der Waals surface area contributed by atoms with E-state index >= 15 is 0 Å². The molecule has 0 aliphatic carbocycles. The van der Waals surface area contributed by atoms with Crippen LogP contribution >= 0.6 is 0 Å². The lowest BCUT2D eigenvalue weighted by Crippen LogP contribution is -2.51. The van der Waals surface area contributed by atoms with Crippen molar-refractivity contribution in [3.05, 3.63) is 38.0 Å². The van der Waals surface area contributed by atoms with Crippen molar-refractivity contribution in [1.82, 2.24) is 13.7 Å². The summed E-state index contributed by atoms with van der Waals surface area (Å²) in [6.07, 6.45) is 1.07. The Morgan fingerprint density at radius 3 is 1.69 bits per heavy atom. The molecule has 1 heterocycles. The quantitative estimate of drug-likeness (QED) is 0.523. The van der Waals surface area contributed by atoms with Gasteiger partial charge in [0.2, 0.25) is 0 Å². The van der Waals surface area contributed by atoms with Gasteiger partial charge in [-0.25, -0.2) is 28.1 Å². The average molecular weight is 183 g/mol. The molecule has 1 aromatic rings. The van der Waals surface area contributed by atoms with Gasteiger partial charge in [0, 0.05) is 20.3 Å². The average Bonchev–Trinajstić information content (AvgIpc) is 2.13. The number of rotatable bonds is 1. The van der Waals surface area contributed by atoms with E-state index in [1.54, 1.807) is 0 Å². The van der Waals surface area contributed by atoms with Crippen LogP contribution in [0.1, 0.15) is 0 Å². The van der Waals surface area contributed by atoms with Crippen LogP contribution in [-0.4, -0.2) is 13.7 Å². The second kappa shape index (κ2) is 2.89. The summed E-state index contributed by atoms with van der Waals surface area (Å²) in [5.41, 5.74) is -2.03. The van der Waals surface area contributed by atoms with E-state index in [0.717, 1.165) is 19.9 Å². The molecule has 0 atom stereocenters. The minimum atomic E-state index is -0.692. The first-order chi connectivity index (χ1) is 6.00. The van der Waals surface area contributed by atoms with Crippen LogP contribution in [-0.2, 0) is 14.1 Å². The summed E-state index contributed by atoms with van der Waals surface area (Å²) in [6.45, 7) is 3.30. The molecule has 0 radical (unpaired) electrons. The number of nitrogens with zero attached hydrogens (tertiary/aromatic N) is 3. The van der Waals surface area contributed by atoms with E-state index in [1.165, 1.54) is 14.1 Å². The molecule has 1 aromatic heterocycles. The Hall–Kier alpha value is -1.85. The van der Waals surface area contributed by atoms with Crippen molar-refractivity contribution in [2.24, 2.45) is 14.1 Å². The van der Waals surface area contributed by atoms with Gasteiger partial charge in [-0.3, -0.25) is 0 Å². The highest BCUT2D eigenvalue weighted by atomic mass is 16.2. The van der Waals surface area contributed by atoms with E-state index < -0.39 is 17.1 Å². The molecule has 1 rings (SSSR count). The summed E-state index contributed by atoms with van der Waals surface area (Å²) in [5.74, 6) is 0. The number of hydrogen-bond donors (Lipinski definition) is 0. The van der Waals surface area contributed by atoms with E-state index in [0.29, 0.717) is 0 Å². The van der Waals surface area contributed by atoms with E-state index in [9.17, 15) is 14.4 Å². The first kappa shape index (κ1) is 9.24. The number of hydrogen-bond acceptors (Lipinski definition) is 3. The van der Waals surface area contributed by atoms with Crippen molar-refractivity contribution < 1.29 is 0 Å². The molecule has 0 N–H and O–H groups in total. The molecule has 0 saturated carbocycles. The predicted molar refractivity (Wildman–Crippen MR) is 47.6 cm³/mol. The molecular weight excluding hydrogens is 174 g/mol. The monoisotopic (exact) mass is 183 g/mol. The van der Waals surface area contributed by atoms with E-state index in [4.69, 9.17) is 0 Å². The highest BCUT2D eigenvalue weighted by Gasteiger charge is 2.06. The maximum atomic E-state index is 11.2. The molecule has 0 amide bonds. The Morgan fingerprint density at radius 1 is 1.00 bits per heavy atom. The van der Waals surface area contributed by atoms with Crippen LogP contribution in [0.3, 0.4) is 0 Å². The molecule has 70 valence electrons. The van der Waals surface area contributed by atoms with Crippen LogP contribution in [0.15, 0.2) is 21.0 Å². The fraction of sp³-hybridized carbons (Fsp3) is 0.286. The third-order valence-electron chi connectivity index (χ3n) is 1.74. The second-order valence-corrected chi connectivity index (χ2v) is 2.52. The maximum Gasteiger partial charge on any atom is 0.340 e. The first-order valence-corrected chi connectivity index (χ1v) is 3.51. The van der Waals surface area contributed by atoms with Gasteiger partial charge in [-0.1, -0.05) is 6.58 Å². The molecule has 0 aliphatic heterocycles. The molecule has 0 fully saturated rings. The molecule has 0 aliphatic rings. The van der Waals surface area contributed by atoms with Gasteiger partial charge in [-0.2, -0.15) is 0 Å². The third kappa shape index (κ3) is 1.16. The van der Waals surface area contributed by atoms with Crippen molar-refractivity contribution in [3.63, 3.8) is 0 Å². The van der Waals surface area contributed by atoms with Gasteiger partial charge in [0.25, 0.3) is 0 Å². The van der Waals surface area contributed by atoms with E-state index in [-0.39, 0.29) is 0 Å². The van der Waals surface area contributed by atoms with Crippen LogP contribution in [0.25, 0.3) is 6.20 Å². The van der Waals surface area contributed by atoms with Gasteiger partial charge in [0.1, 0.15) is 0 Å². The molecule has 0 spiro atoms. The zero-order valence-corrected chi connectivity index (χ0v) is 7.35. The summed E-state index contributed by atoms with van der Waals surface area (Å²) in [7, 11) is 2.59. The first-order valence-electron chi connectivity index (χ1n) is 3.51. The largest absolute Gasteiger partial charge is 0.340 e. The minimum Gasteiger partial charge on any atom is -0.248 e. The van der Waals surface area contributed by atoms with Gasteiger partial charge in [-0.05, 0) is 0 Å². The predicted octanol–water partition coefficient (Wildman–Crippen LogP) is -1.65. The topological polar surface area (TPSA) is 66.0 Å². The summed E-state index contributed by atoms with van der Waals surface area (Å²) >= 11 is 0. The Bertz CT molecular complexity index is 477. The zero-order chi connectivity index (χ0) is 10.2. The van der Waals surface area contributed by atoms with Crippen molar-refractivity contribution >= 4 is 6.20 Å². The smallest absolute Gasteiger partial charge is 0.248 e. The van der Waals surface area contributed by atoms with Crippen LogP contribution < -0.4 is 17.1 Å². The summed E-state index contributed by atoms with van der Waals surface area (Å²) in [4.78, 5) is 33.6. The minimum absolute atomic E-state index is 0.645. The lowest BCUT2D eigenvalue weighted by Gasteiger charge is -2.03. The lowest BCUT2D eigenvalue weighted by atomic mass is 10.8. The molecule has 6 nitrogen and oxygen atoms in total. The second-order valence-electron chi connectivity index (χ2n) is 2.52. The van der Waals surface area contributed by atoms with Crippen LogP contribution in [0.4, 0.5) is 0 Å². The molecular formula is C7H9N3O3. The van der Waals surface area contributed by atoms with Crippen molar-refractivity contribution in [1.29, 1.82) is 0 Å². The molecule has 13 heavy (non-hydrogen) atoms. The van der Waals surface area contributed by atoms with Crippen LogP contribution in [0, 0.1) is 0 Å². The Labute approximate surface area is 73.0 Å². The zero-order valence-electron chi connectivity index (χ0n) is 7.35. The fourth-order valence-electron chi connectivity index (χ4n) is 0.950. The van der Waals surface area contributed by atoms with Gasteiger partial charge < -0.3 is 0 Å². The van der Waals surface area contributed by atoms with Crippen molar-refractivity contribution in [3.8, 4) is 0 Å². The van der Waals surface area contributed by atoms with Crippen LogP contribution in [0.5, 0.6) is 0 Å². The van der Waals surface area contributed by atoms with Crippen molar-refractivity contribution in [2.75, 3.05) is 0 Å². The Balaban J connectivity index is 4.01. The normalized spacial score (nSPS) is 10.0. The summed E-state index contributed by atoms with van der Waals surface area (Å²) in [5, 5.41) is 0. The van der Waals surface area contributed by atoms with Gasteiger partial charge >= 0.3 is 17.1 Å². The molecule has 0 aromatic carbocycles. The standard InChI is InChI=1S/C7H9N3O3/c1-4-10-6(12)8(2)5(11)9(3)7(10)13/h4H,1H2,2-3H3. The van der Waals surface area contributed by atoms with E-state index in [2.05, 4.69) is 6.58 Å². The third-order valence-corrected chi connectivity index (χ3v) is 1.74. The summed E-state index contributed by atoms with van der Waals surface area (Å²) in [6, 6.07) is 0. The molecule has 6 heteroatoms. The van der Waals surface area contributed by atoms with Gasteiger partial charge in [0.15, 0.2) is 0 Å². The Morgan fingerprint density at radius 2 is 1.38 bits per heavy atom. The highest BCUT2D eigenvalue weighted by molar-refractivity contribution is 5.13. The Kier molecular flexibility index (Phi) is 2.05. The maximum absolute atomic E-state index is 11.2. The fourth-order valence-corrected chi connectivity index (χ4v) is 0.950. The molecule has 0 bridgehead atoms. The number of aromatic nitrogens is 3. The van der Waals surface area contributed by atoms with E-state index in [1.807, 2.05) is 0 Å². The molecule has 0 unspecified atom stereocenters. The van der Waals surface area contributed by atoms with Gasteiger partial charge in [0.05, 0.1) is 0 Å². The van der Waals surface area contributed by atoms with Gasteiger partial charge in [-0.15, -0.1) is 0 Å². The summed E-state index contributed by atoms with van der Waals surface area (Å²) < 4.78 is 2.44. The van der Waals surface area contributed by atoms with Crippen molar-refractivity contribution in [2.45, 2.75) is 0 Å².